The smallest absolute Gasteiger partial charge is 0.352 e. The molecule has 1 spiro atoms. The van der Waals surface area contributed by atoms with Gasteiger partial charge in [0.25, 0.3) is 0 Å². The molecule has 1 atom stereocenters. The summed E-state index contributed by atoms with van der Waals surface area (Å²) in [6.45, 7) is 4.42. The number of nitrogens with one attached hydrogen (secondary N) is 2. The maximum atomic E-state index is 13.6. The molecule has 0 bridgehead atoms. The van der Waals surface area contributed by atoms with Gasteiger partial charge in [0, 0.05) is 28.0 Å². The number of hydrogen-bond donors (Lipinski definition) is 3. The highest BCUT2D eigenvalue weighted by atomic mass is 35.5. The first-order valence-electron chi connectivity index (χ1n) is 13.1. The van der Waals surface area contributed by atoms with Gasteiger partial charge in [-0.3, -0.25) is 9.69 Å². The Morgan fingerprint density at radius 2 is 1.95 bits per heavy atom. The van der Waals surface area contributed by atoms with Crippen molar-refractivity contribution in [3.8, 4) is 5.75 Å². The highest BCUT2D eigenvalue weighted by molar-refractivity contribution is 6.31. The van der Waals surface area contributed by atoms with Gasteiger partial charge < -0.3 is 20.1 Å². The minimum absolute atomic E-state index is 0.0916. The van der Waals surface area contributed by atoms with Crippen LogP contribution in [0.4, 0.5) is 0 Å². The molecule has 3 aromatic rings. The monoisotopic (exact) mass is 523 g/mol. The molecule has 1 saturated heterocycles. The molecule has 2 aliphatic heterocycles. The minimum atomic E-state index is -0.979. The molecule has 0 aliphatic carbocycles. The number of aromatic carboxylic acids is 1. The van der Waals surface area contributed by atoms with Crippen LogP contribution in [0.15, 0.2) is 42.5 Å². The van der Waals surface area contributed by atoms with Crippen LogP contribution < -0.4 is 10.1 Å². The first-order valence-corrected chi connectivity index (χ1v) is 13.5. The lowest BCUT2D eigenvalue weighted by Gasteiger charge is -2.41. The highest BCUT2D eigenvalue weighted by Gasteiger charge is 2.41. The number of para-hydroxylation sites is 1. The molecule has 1 aromatic heterocycles. The number of hydrogen-bond acceptors (Lipinski definition) is 4. The number of halogens is 1. The Kier molecular flexibility index (Phi) is 7.45. The summed E-state index contributed by atoms with van der Waals surface area (Å²) in [5.74, 6) is 0.0461. The fraction of sp³-hybridized carbons (Fsp3) is 0.448. The van der Waals surface area contributed by atoms with Crippen LogP contribution in [0.25, 0.3) is 10.9 Å². The number of ether oxygens (including phenoxy) is 1. The normalized spacial score (nSPS) is 20.9. The molecule has 0 unspecified atom stereocenters. The Bertz CT molecular complexity index is 1300. The molecule has 1 amide bonds. The predicted molar refractivity (Wildman–Crippen MR) is 144 cm³/mol. The zero-order chi connectivity index (χ0) is 26.0. The number of aromatic nitrogens is 1. The third-order valence-corrected chi connectivity index (χ3v) is 8.18. The lowest BCUT2D eigenvalue weighted by Crippen LogP contribution is -2.51. The van der Waals surface area contributed by atoms with E-state index in [9.17, 15) is 14.7 Å². The van der Waals surface area contributed by atoms with E-state index >= 15 is 0 Å². The van der Waals surface area contributed by atoms with Crippen LogP contribution in [0.5, 0.6) is 5.75 Å². The standard InChI is InChI=1S/C29H34ClN3O4/c1-19-18-37-25-8-3-2-6-20(25)7-4-5-11-29(28(36)31-19)12-14-33(15-13-29)17-23-22-10-9-21(30)16-24(22)32-26(23)27(34)35/h2-3,6,8-10,16,19,32H,4-5,7,11-15,17-18H2,1H3,(H,31,36)(H,34,35)/t19-/m0/s1. The van der Waals surface area contributed by atoms with Gasteiger partial charge in [-0.15, -0.1) is 0 Å². The largest absolute Gasteiger partial charge is 0.491 e. The molecule has 3 heterocycles. The summed E-state index contributed by atoms with van der Waals surface area (Å²) in [7, 11) is 0. The van der Waals surface area contributed by atoms with Crippen LogP contribution >= 0.6 is 11.6 Å². The van der Waals surface area contributed by atoms with Gasteiger partial charge in [0.1, 0.15) is 18.1 Å². The Balaban J connectivity index is 1.30. The number of carbonyl (C=O) groups is 2. The van der Waals surface area contributed by atoms with Crippen molar-refractivity contribution in [3.63, 3.8) is 0 Å². The van der Waals surface area contributed by atoms with E-state index < -0.39 is 11.4 Å². The van der Waals surface area contributed by atoms with E-state index in [1.807, 2.05) is 25.1 Å². The fourth-order valence-electron chi connectivity index (χ4n) is 5.79. The number of carboxylic acid groups (broad SMARTS) is 1. The molecule has 8 heteroatoms. The fourth-order valence-corrected chi connectivity index (χ4v) is 5.96. The van der Waals surface area contributed by atoms with Crippen LogP contribution in [0.1, 0.15) is 60.6 Å². The van der Waals surface area contributed by atoms with Gasteiger partial charge in [-0.05, 0) is 75.9 Å². The number of H-pyrrole nitrogens is 1. The van der Waals surface area contributed by atoms with E-state index in [2.05, 4.69) is 27.3 Å². The van der Waals surface area contributed by atoms with Crippen molar-refractivity contribution < 1.29 is 19.4 Å². The number of rotatable bonds is 3. The number of likely N-dealkylation sites (tertiary alicyclic amines) is 1. The van der Waals surface area contributed by atoms with E-state index in [0.29, 0.717) is 18.2 Å². The number of benzene rings is 2. The number of carboxylic acids is 1. The van der Waals surface area contributed by atoms with E-state index in [1.165, 1.54) is 5.56 Å². The highest BCUT2D eigenvalue weighted by Crippen LogP contribution is 2.39. The Hall–Kier alpha value is -3.03. The lowest BCUT2D eigenvalue weighted by molar-refractivity contribution is -0.135. The van der Waals surface area contributed by atoms with Crippen LogP contribution in [-0.2, 0) is 17.8 Å². The summed E-state index contributed by atoms with van der Waals surface area (Å²) in [6.07, 6.45) is 5.28. The van der Waals surface area contributed by atoms with E-state index in [0.717, 1.165) is 73.8 Å². The van der Waals surface area contributed by atoms with Gasteiger partial charge in [-0.2, -0.15) is 0 Å². The molecule has 5 rings (SSSR count). The van der Waals surface area contributed by atoms with E-state index in [-0.39, 0.29) is 17.6 Å². The predicted octanol–water partition coefficient (Wildman–Crippen LogP) is 5.41. The Labute approximate surface area is 222 Å². The summed E-state index contributed by atoms with van der Waals surface area (Å²) in [6, 6.07) is 13.5. The second kappa shape index (κ2) is 10.8. The van der Waals surface area contributed by atoms with Crippen LogP contribution in [0.3, 0.4) is 0 Å². The van der Waals surface area contributed by atoms with Gasteiger partial charge in [-0.1, -0.05) is 42.3 Å². The van der Waals surface area contributed by atoms with Gasteiger partial charge >= 0.3 is 5.97 Å². The van der Waals surface area contributed by atoms with Crippen LogP contribution in [-0.4, -0.2) is 52.6 Å². The average molecular weight is 524 g/mol. The van der Waals surface area contributed by atoms with E-state index in [4.69, 9.17) is 16.3 Å². The van der Waals surface area contributed by atoms with Crippen molar-refractivity contribution in [2.45, 2.75) is 58.0 Å². The molecule has 3 N–H and O–H groups in total. The average Bonchev–Trinajstić information content (AvgIpc) is 3.24. The number of piperidine rings is 1. The maximum absolute atomic E-state index is 13.6. The van der Waals surface area contributed by atoms with Crippen molar-refractivity contribution in [2.75, 3.05) is 19.7 Å². The lowest BCUT2D eigenvalue weighted by atomic mass is 9.73. The number of fused-ring (bicyclic) bond motifs is 2. The van der Waals surface area contributed by atoms with Crippen molar-refractivity contribution in [2.24, 2.45) is 5.41 Å². The number of aromatic amines is 1. The summed E-state index contributed by atoms with van der Waals surface area (Å²) >= 11 is 6.13. The minimum Gasteiger partial charge on any atom is -0.491 e. The molecule has 0 radical (unpaired) electrons. The molecule has 0 saturated carbocycles. The number of carbonyl (C=O) groups excluding carboxylic acids is 1. The molecular weight excluding hydrogens is 490 g/mol. The summed E-state index contributed by atoms with van der Waals surface area (Å²) in [4.78, 5) is 30.8. The first-order chi connectivity index (χ1) is 17.8. The van der Waals surface area contributed by atoms with Gasteiger partial charge in [0.2, 0.25) is 5.91 Å². The third-order valence-electron chi connectivity index (χ3n) is 7.95. The topological polar surface area (TPSA) is 94.7 Å². The van der Waals surface area contributed by atoms with Gasteiger partial charge in [0.15, 0.2) is 0 Å². The third kappa shape index (κ3) is 5.48. The van der Waals surface area contributed by atoms with Crippen molar-refractivity contribution in [1.29, 1.82) is 0 Å². The van der Waals surface area contributed by atoms with Crippen molar-refractivity contribution >= 4 is 34.4 Å². The van der Waals surface area contributed by atoms with Gasteiger partial charge in [0.05, 0.1) is 11.5 Å². The molecule has 2 aromatic carbocycles. The molecule has 2 aliphatic rings. The summed E-state index contributed by atoms with van der Waals surface area (Å²) in [5, 5.41) is 14.5. The SMILES string of the molecule is C[C@H]1COc2ccccc2CCCCC2(CCN(Cc3c(C(=O)O)[nH]c4cc(Cl)ccc34)CC2)C(=O)N1. The molecule has 7 nitrogen and oxygen atoms in total. The summed E-state index contributed by atoms with van der Waals surface area (Å²) < 4.78 is 6.06. The van der Waals surface area contributed by atoms with Crippen molar-refractivity contribution in [1.82, 2.24) is 15.2 Å². The first kappa shape index (κ1) is 25.6. The van der Waals surface area contributed by atoms with Crippen LogP contribution in [0, 0.1) is 5.41 Å². The van der Waals surface area contributed by atoms with Crippen LogP contribution in [0.2, 0.25) is 5.02 Å². The second-order valence-corrected chi connectivity index (χ2v) is 11.0. The second-order valence-electron chi connectivity index (χ2n) is 10.5. The molecule has 37 heavy (non-hydrogen) atoms. The maximum Gasteiger partial charge on any atom is 0.352 e. The number of aryl methyl sites for hydroxylation is 1. The quantitative estimate of drug-likeness (QED) is 0.426. The van der Waals surface area contributed by atoms with Gasteiger partial charge in [-0.25, -0.2) is 4.79 Å². The zero-order valence-electron chi connectivity index (χ0n) is 21.2. The zero-order valence-corrected chi connectivity index (χ0v) is 21.9. The number of nitrogens with zero attached hydrogens (tertiary/aromatic N) is 1. The number of amides is 1. The Morgan fingerprint density at radius 3 is 2.73 bits per heavy atom. The molecule has 1 fully saturated rings. The molecule has 196 valence electrons. The summed E-state index contributed by atoms with van der Waals surface area (Å²) in [5.41, 5.74) is 2.51. The molecular formula is C29H34ClN3O4. The Morgan fingerprint density at radius 1 is 1.16 bits per heavy atom. The van der Waals surface area contributed by atoms with E-state index in [1.54, 1.807) is 12.1 Å². The van der Waals surface area contributed by atoms with Crippen molar-refractivity contribution in [3.05, 3.63) is 64.3 Å².